The van der Waals surface area contributed by atoms with Crippen molar-refractivity contribution in [1.29, 1.82) is 0 Å². The van der Waals surface area contributed by atoms with Gasteiger partial charge >= 0.3 is 6.09 Å². The number of carbonyl (C=O) groups excluding carboxylic acids is 3. The number of hydrogen-bond donors (Lipinski definition) is 1. The minimum atomic E-state index is -2.77. The Morgan fingerprint density at radius 1 is 1.06 bits per heavy atom. The highest BCUT2D eigenvalue weighted by Crippen LogP contribution is 2.38. The minimum absolute atomic E-state index is 0.0704. The highest BCUT2D eigenvalue weighted by molar-refractivity contribution is 5.99. The van der Waals surface area contributed by atoms with Crippen molar-refractivity contribution in [3.63, 3.8) is 0 Å². The van der Waals surface area contributed by atoms with E-state index in [-0.39, 0.29) is 44.7 Å². The quantitative estimate of drug-likeness (QED) is 0.691. The number of carbonyl (C=O) groups is 3. The molecule has 2 aliphatic rings. The average Bonchev–Trinajstić information content (AvgIpc) is 3.17. The van der Waals surface area contributed by atoms with Gasteiger partial charge in [0.1, 0.15) is 11.4 Å². The fourth-order valence-corrected chi connectivity index (χ4v) is 4.95. The van der Waals surface area contributed by atoms with Gasteiger partial charge in [0, 0.05) is 63.4 Å². The Balaban J connectivity index is 1.42. The molecule has 2 fully saturated rings. The van der Waals surface area contributed by atoms with Crippen molar-refractivity contribution in [2.75, 3.05) is 33.3 Å². The molecule has 2 heterocycles. The molecule has 0 spiro atoms. The lowest BCUT2D eigenvalue weighted by molar-refractivity contribution is -0.147. The van der Waals surface area contributed by atoms with Crippen molar-refractivity contribution in [2.45, 2.75) is 37.7 Å². The van der Waals surface area contributed by atoms with Crippen molar-refractivity contribution < 1.29 is 32.6 Å². The summed E-state index contributed by atoms with van der Waals surface area (Å²) in [5, 5.41) is 0.912. The first kappa shape index (κ1) is 24.7. The van der Waals surface area contributed by atoms with Crippen molar-refractivity contribution in [3.05, 3.63) is 30.0 Å². The lowest BCUT2D eigenvalue weighted by Crippen LogP contribution is -2.55. The monoisotopic (exact) mass is 492 g/mol. The normalized spacial score (nSPS) is 19.4. The van der Waals surface area contributed by atoms with Gasteiger partial charge < -0.3 is 29.6 Å². The molecule has 1 aromatic carbocycles. The molecular weight excluding hydrogens is 462 g/mol. The van der Waals surface area contributed by atoms with Gasteiger partial charge in [0.15, 0.2) is 6.10 Å². The maximum Gasteiger partial charge on any atom is 0.405 e. The number of rotatable bonds is 5. The zero-order valence-electron chi connectivity index (χ0n) is 19.8. The van der Waals surface area contributed by atoms with Crippen LogP contribution in [0.2, 0.25) is 0 Å². The molecule has 0 radical (unpaired) electrons. The molecule has 4 rings (SSSR count). The third-order valence-corrected chi connectivity index (χ3v) is 7.03. The number of methoxy groups -OCH3 is 1. The van der Waals surface area contributed by atoms with E-state index in [0.29, 0.717) is 24.5 Å². The second kappa shape index (κ2) is 9.71. The van der Waals surface area contributed by atoms with Crippen LogP contribution < -0.4 is 10.5 Å². The number of amides is 3. The Kier molecular flexibility index (Phi) is 6.86. The number of benzene rings is 1. The molecule has 1 aliphatic carbocycles. The molecule has 1 unspecified atom stereocenters. The summed E-state index contributed by atoms with van der Waals surface area (Å²) < 4.78 is 39.3. The maximum absolute atomic E-state index is 13.6. The number of ether oxygens (including phenoxy) is 2. The third-order valence-electron chi connectivity index (χ3n) is 7.03. The first-order chi connectivity index (χ1) is 16.6. The fourth-order valence-electron chi connectivity index (χ4n) is 4.95. The summed E-state index contributed by atoms with van der Waals surface area (Å²) in [7, 11) is 3.40. The van der Waals surface area contributed by atoms with Crippen LogP contribution in [0.1, 0.15) is 36.2 Å². The molecule has 1 aliphatic heterocycles. The molecule has 2 aromatic rings. The molecule has 190 valence electrons. The molecule has 1 atom stereocenters. The van der Waals surface area contributed by atoms with Gasteiger partial charge in [0.05, 0.1) is 12.6 Å². The van der Waals surface area contributed by atoms with Gasteiger partial charge in [0.2, 0.25) is 5.92 Å². The number of fused-ring (bicyclic) bond motifs is 1. The molecule has 11 heteroatoms. The van der Waals surface area contributed by atoms with Gasteiger partial charge in [-0.15, -0.1) is 0 Å². The number of piperazine rings is 1. The van der Waals surface area contributed by atoms with Crippen LogP contribution in [-0.2, 0) is 16.6 Å². The fraction of sp³-hybridized carbons (Fsp3) is 0.542. The largest absolute Gasteiger partial charge is 0.497 e. The van der Waals surface area contributed by atoms with E-state index < -0.39 is 29.9 Å². The maximum atomic E-state index is 13.6. The van der Waals surface area contributed by atoms with E-state index >= 15 is 0 Å². The van der Waals surface area contributed by atoms with Crippen LogP contribution >= 0.6 is 0 Å². The first-order valence-electron chi connectivity index (χ1n) is 11.6. The second-order valence-electron chi connectivity index (χ2n) is 9.18. The summed E-state index contributed by atoms with van der Waals surface area (Å²) in [4.78, 5) is 41.0. The van der Waals surface area contributed by atoms with E-state index in [9.17, 15) is 23.2 Å². The second-order valence-corrected chi connectivity index (χ2v) is 9.18. The number of aromatic nitrogens is 1. The predicted molar refractivity (Wildman–Crippen MR) is 123 cm³/mol. The minimum Gasteiger partial charge on any atom is -0.497 e. The van der Waals surface area contributed by atoms with Crippen LogP contribution in [0.5, 0.6) is 5.75 Å². The van der Waals surface area contributed by atoms with E-state index in [4.69, 9.17) is 15.2 Å². The van der Waals surface area contributed by atoms with Gasteiger partial charge in [-0.05, 0) is 31.0 Å². The Hall–Kier alpha value is -3.37. The van der Waals surface area contributed by atoms with E-state index in [1.54, 1.807) is 12.0 Å². The predicted octanol–water partition coefficient (Wildman–Crippen LogP) is 2.76. The lowest BCUT2D eigenvalue weighted by atomic mass is 9.82. The molecule has 35 heavy (non-hydrogen) atoms. The summed E-state index contributed by atoms with van der Waals surface area (Å²) in [5.41, 5.74) is 6.55. The standard InChI is InChI=1S/C24H30F2N4O5/c1-28-18-14-17(34-2)4-3-16(18)13-19(28)21(31)29-9-11-30(12-10-29)22(32)20(35-23(27)33)15-5-7-24(25,26)8-6-15/h3-4,13-15,20H,5-12H2,1-2H3,(H2,27,33). The van der Waals surface area contributed by atoms with E-state index in [1.807, 2.05) is 35.9 Å². The van der Waals surface area contributed by atoms with Crippen molar-refractivity contribution in [3.8, 4) is 5.75 Å². The van der Waals surface area contributed by atoms with Crippen LogP contribution in [0.4, 0.5) is 13.6 Å². The highest BCUT2D eigenvalue weighted by Gasteiger charge is 2.43. The van der Waals surface area contributed by atoms with Gasteiger partial charge in [-0.3, -0.25) is 9.59 Å². The van der Waals surface area contributed by atoms with E-state index in [1.165, 1.54) is 4.90 Å². The summed E-state index contributed by atoms with van der Waals surface area (Å²) >= 11 is 0. The number of nitrogens with two attached hydrogens (primary N) is 1. The van der Waals surface area contributed by atoms with Crippen molar-refractivity contribution >= 4 is 28.8 Å². The highest BCUT2D eigenvalue weighted by atomic mass is 19.3. The van der Waals surface area contributed by atoms with E-state index in [2.05, 4.69) is 0 Å². The van der Waals surface area contributed by atoms with Gasteiger partial charge in [0.25, 0.3) is 11.8 Å². The Bertz CT molecular complexity index is 1120. The molecular formula is C24H30F2N4O5. The van der Waals surface area contributed by atoms with E-state index in [0.717, 1.165) is 10.9 Å². The Morgan fingerprint density at radius 2 is 1.69 bits per heavy atom. The number of alkyl halides is 2. The third kappa shape index (κ3) is 5.18. The number of halogens is 2. The van der Waals surface area contributed by atoms with Crippen molar-refractivity contribution in [1.82, 2.24) is 14.4 Å². The summed E-state index contributed by atoms with van der Waals surface area (Å²) in [5.74, 6) is -3.20. The van der Waals surface area contributed by atoms with Crippen LogP contribution in [0.15, 0.2) is 24.3 Å². The van der Waals surface area contributed by atoms with Crippen LogP contribution in [0.25, 0.3) is 10.9 Å². The summed E-state index contributed by atoms with van der Waals surface area (Å²) in [6.45, 7) is 1.07. The lowest BCUT2D eigenvalue weighted by Gasteiger charge is -2.38. The van der Waals surface area contributed by atoms with Gasteiger partial charge in [-0.2, -0.15) is 0 Å². The van der Waals surface area contributed by atoms with Crippen LogP contribution in [0.3, 0.4) is 0 Å². The average molecular weight is 493 g/mol. The van der Waals surface area contributed by atoms with Crippen molar-refractivity contribution in [2.24, 2.45) is 18.7 Å². The number of aryl methyl sites for hydroxylation is 1. The van der Waals surface area contributed by atoms with Gasteiger partial charge in [-0.1, -0.05) is 0 Å². The summed E-state index contributed by atoms with van der Waals surface area (Å²) in [6.07, 6.45) is -2.88. The summed E-state index contributed by atoms with van der Waals surface area (Å²) in [6, 6.07) is 7.41. The number of hydrogen-bond acceptors (Lipinski definition) is 5. The zero-order chi connectivity index (χ0) is 25.3. The molecule has 9 nitrogen and oxygen atoms in total. The SMILES string of the molecule is COc1ccc2cc(C(=O)N3CCN(C(=O)C(OC(N)=O)C4CCC(F)(F)CC4)CC3)n(C)c2c1. The molecule has 3 amide bonds. The Morgan fingerprint density at radius 3 is 2.29 bits per heavy atom. The Labute approximate surface area is 201 Å². The molecule has 0 bridgehead atoms. The number of nitrogens with zero attached hydrogens (tertiary/aromatic N) is 3. The number of primary amides is 1. The zero-order valence-corrected chi connectivity index (χ0v) is 19.8. The van der Waals surface area contributed by atoms with Gasteiger partial charge in [-0.25, -0.2) is 13.6 Å². The molecule has 1 saturated carbocycles. The smallest absolute Gasteiger partial charge is 0.405 e. The molecule has 1 saturated heterocycles. The van der Waals surface area contributed by atoms with Crippen LogP contribution in [0, 0.1) is 5.92 Å². The van der Waals surface area contributed by atoms with Crippen LogP contribution in [-0.4, -0.2) is 77.6 Å². The topological polar surface area (TPSA) is 107 Å². The first-order valence-corrected chi connectivity index (χ1v) is 11.6. The molecule has 1 aromatic heterocycles. The molecule has 2 N–H and O–H groups in total.